The molecule has 0 radical (unpaired) electrons. The van der Waals surface area contributed by atoms with E-state index in [1.165, 1.54) is 141 Å². The van der Waals surface area contributed by atoms with Crippen LogP contribution in [0.25, 0.3) is 0 Å². The van der Waals surface area contributed by atoms with Gasteiger partial charge in [-0.3, -0.25) is 14.1 Å². The number of aliphatic hydroxyl groups is 3. The number of carbonyl (C=O) groups excluding carboxylic acids is 2. The van der Waals surface area contributed by atoms with Gasteiger partial charge in [0.2, 0.25) is 0 Å². The predicted octanol–water partition coefficient (Wildman–Crippen LogP) is 11.4. The summed E-state index contributed by atoms with van der Waals surface area (Å²) in [5.74, 6) is -1.98. The number of ether oxygens (including phenoxy) is 4. The van der Waals surface area contributed by atoms with Crippen LogP contribution < -0.4 is 0 Å². The molecule has 12 nitrogen and oxygen atoms in total. The van der Waals surface area contributed by atoms with Gasteiger partial charge >= 0.3 is 11.9 Å². The van der Waals surface area contributed by atoms with Gasteiger partial charge in [-0.2, -0.15) is 8.42 Å². The second-order valence-electron chi connectivity index (χ2n) is 18.2. The molecule has 0 bridgehead atoms. The fourth-order valence-electron chi connectivity index (χ4n) is 8.09. The largest absolute Gasteiger partial charge is 0.462 e. The van der Waals surface area contributed by atoms with Gasteiger partial charge in [0.1, 0.15) is 36.8 Å². The van der Waals surface area contributed by atoms with Gasteiger partial charge in [0.15, 0.2) is 12.4 Å². The molecule has 0 aromatic carbocycles. The molecule has 1 aliphatic rings. The lowest BCUT2D eigenvalue weighted by Gasteiger charge is -2.40. The maximum atomic E-state index is 12.9. The average Bonchev–Trinajstić information content (AvgIpc) is 3.25. The third-order valence-corrected chi connectivity index (χ3v) is 12.8. The molecule has 6 atom stereocenters. The third-order valence-electron chi connectivity index (χ3n) is 12.1. The van der Waals surface area contributed by atoms with Crippen molar-refractivity contribution in [3.63, 3.8) is 0 Å². The van der Waals surface area contributed by atoms with Crippen LogP contribution in [0.5, 0.6) is 0 Å². The number of unbranched alkanes of at least 4 members (excludes halogenated alkanes) is 30. The summed E-state index contributed by atoms with van der Waals surface area (Å²) in [5.41, 5.74) is 0. The van der Waals surface area contributed by atoms with Crippen molar-refractivity contribution in [3.05, 3.63) is 12.2 Å². The van der Waals surface area contributed by atoms with E-state index in [1.807, 2.05) is 0 Å². The average molecular weight is 919 g/mol. The third kappa shape index (κ3) is 35.3. The van der Waals surface area contributed by atoms with Gasteiger partial charge in [-0.05, 0) is 38.5 Å². The number of hydrogen-bond donors (Lipinski definition) is 4. The molecule has 1 aliphatic heterocycles. The number of hydrogen-bond acceptors (Lipinski definition) is 11. The number of allylic oxidation sites excluding steroid dienone is 2. The second kappa shape index (κ2) is 40.6. The highest BCUT2D eigenvalue weighted by Crippen LogP contribution is 2.24. The highest BCUT2D eigenvalue weighted by molar-refractivity contribution is 7.85. The Morgan fingerprint density at radius 3 is 1.32 bits per heavy atom. The summed E-state index contributed by atoms with van der Waals surface area (Å²) in [6.07, 6.45) is 35.4. The van der Waals surface area contributed by atoms with Crippen LogP contribution in [0.2, 0.25) is 0 Å². The molecule has 13 heteroatoms. The summed E-state index contributed by atoms with van der Waals surface area (Å²) in [6.45, 7) is 3.79. The fourth-order valence-corrected chi connectivity index (χ4v) is 8.78. The number of esters is 2. The van der Waals surface area contributed by atoms with Crippen LogP contribution in [-0.2, 0) is 38.7 Å². The van der Waals surface area contributed by atoms with Gasteiger partial charge in [-0.15, -0.1) is 0 Å². The van der Waals surface area contributed by atoms with E-state index in [9.17, 15) is 37.9 Å². The quantitative estimate of drug-likeness (QED) is 0.0196. The summed E-state index contributed by atoms with van der Waals surface area (Å²) in [5, 5.41) is 31.0. The zero-order valence-corrected chi connectivity index (χ0v) is 40.8. The minimum atomic E-state index is -4.60. The molecule has 0 aromatic rings. The molecule has 0 saturated carbocycles. The van der Waals surface area contributed by atoms with E-state index in [0.29, 0.717) is 12.8 Å². The maximum absolute atomic E-state index is 12.9. The Bertz CT molecular complexity index is 1210. The Kier molecular flexibility index (Phi) is 38.3. The first-order chi connectivity index (χ1) is 30.5. The lowest BCUT2D eigenvalue weighted by atomic mass is 10.00. The molecular formula is C50H94O12S. The molecule has 372 valence electrons. The van der Waals surface area contributed by atoms with Gasteiger partial charge in [-0.25, -0.2) is 0 Å². The normalized spacial score (nSPS) is 19.7. The van der Waals surface area contributed by atoms with Crippen LogP contribution >= 0.6 is 0 Å². The Hall–Kier alpha value is -1.61. The number of aliphatic hydroxyl groups excluding tert-OH is 3. The molecule has 1 saturated heterocycles. The lowest BCUT2D eigenvalue weighted by Crippen LogP contribution is -2.60. The smallest absolute Gasteiger partial charge is 0.306 e. The Morgan fingerprint density at radius 1 is 0.524 bits per heavy atom. The highest BCUT2D eigenvalue weighted by atomic mass is 32.2. The van der Waals surface area contributed by atoms with Gasteiger partial charge in [0.25, 0.3) is 10.1 Å². The number of rotatable bonds is 44. The van der Waals surface area contributed by atoms with Crippen LogP contribution in [-0.4, -0.2) is 96.0 Å². The van der Waals surface area contributed by atoms with Crippen molar-refractivity contribution in [2.75, 3.05) is 19.0 Å². The van der Waals surface area contributed by atoms with E-state index < -0.39 is 71.2 Å². The molecule has 1 rings (SSSR count). The molecule has 6 unspecified atom stereocenters. The number of carbonyl (C=O) groups is 2. The van der Waals surface area contributed by atoms with E-state index in [-0.39, 0.29) is 19.4 Å². The zero-order chi connectivity index (χ0) is 46.2. The monoisotopic (exact) mass is 919 g/mol. The van der Waals surface area contributed by atoms with Crippen LogP contribution in [0.4, 0.5) is 0 Å². The van der Waals surface area contributed by atoms with Crippen LogP contribution in [0.15, 0.2) is 12.2 Å². The fraction of sp³-hybridized carbons (Fsp3) is 0.920. The Balaban J connectivity index is 2.36. The van der Waals surface area contributed by atoms with Crippen molar-refractivity contribution < 1.29 is 56.8 Å². The summed E-state index contributed by atoms with van der Waals surface area (Å²) in [4.78, 5) is 25.5. The molecule has 63 heavy (non-hydrogen) atoms. The minimum absolute atomic E-state index is 0.159. The van der Waals surface area contributed by atoms with E-state index in [1.54, 1.807) is 0 Å². The van der Waals surface area contributed by atoms with Gasteiger partial charge in [0, 0.05) is 12.8 Å². The molecule has 0 amide bonds. The van der Waals surface area contributed by atoms with Gasteiger partial charge in [-0.1, -0.05) is 199 Å². The zero-order valence-electron chi connectivity index (χ0n) is 40.0. The standard InChI is InChI=1S/C50H94O12S/c1-3-5-7-9-11-13-15-17-19-21-22-23-25-26-28-30-32-34-36-38-45(51)59-40-43(41-60-50-49(55)48(54)47(53)44(62-50)42-63(56,57)58)61-46(52)39-37-35-33-31-29-27-24-20-18-16-14-12-10-8-6-4-2/h20,24,43-44,47-50,53-55H,3-19,21-23,25-42H2,1-2H3,(H,56,57,58)/b24-20-. The first kappa shape index (κ1) is 59.4. The SMILES string of the molecule is CCCCCCCCC/C=C\CCCCCCCC(=O)OC(COC(=O)CCCCCCCCCCCCCCCCCCCCC)COC1OC(CS(=O)(=O)O)C(O)C(O)C1O. The van der Waals surface area contributed by atoms with Crippen molar-refractivity contribution in [2.24, 2.45) is 0 Å². The summed E-state index contributed by atoms with van der Waals surface area (Å²) >= 11 is 0. The molecule has 0 aliphatic carbocycles. The maximum Gasteiger partial charge on any atom is 0.306 e. The first-order valence-electron chi connectivity index (χ1n) is 25.7. The van der Waals surface area contributed by atoms with E-state index >= 15 is 0 Å². The second-order valence-corrected chi connectivity index (χ2v) is 19.7. The Labute approximate surface area is 384 Å². The van der Waals surface area contributed by atoms with Crippen molar-refractivity contribution in [2.45, 2.75) is 275 Å². The molecule has 4 N–H and O–H groups in total. The van der Waals surface area contributed by atoms with Crippen LogP contribution in [0.3, 0.4) is 0 Å². The van der Waals surface area contributed by atoms with E-state index in [4.69, 9.17) is 18.9 Å². The van der Waals surface area contributed by atoms with E-state index in [2.05, 4.69) is 26.0 Å². The van der Waals surface area contributed by atoms with E-state index in [0.717, 1.165) is 57.8 Å². The molecule has 1 heterocycles. The van der Waals surface area contributed by atoms with Gasteiger partial charge in [0.05, 0.1) is 6.61 Å². The lowest BCUT2D eigenvalue weighted by molar-refractivity contribution is -0.297. The van der Waals surface area contributed by atoms with Gasteiger partial charge < -0.3 is 34.3 Å². The minimum Gasteiger partial charge on any atom is -0.462 e. The highest BCUT2D eigenvalue weighted by Gasteiger charge is 2.46. The topological polar surface area (TPSA) is 186 Å². The molecule has 0 spiro atoms. The summed E-state index contributed by atoms with van der Waals surface area (Å²) in [6, 6.07) is 0. The van der Waals surface area contributed by atoms with Crippen LogP contribution in [0, 0.1) is 0 Å². The molecule has 0 aromatic heterocycles. The van der Waals surface area contributed by atoms with Crippen molar-refractivity contribution in [1.82, 2.24) is 0 Å². The summed E-state index contributed by atoms with van der Waals surface area (Å²) < 4.78 is 54.2. The molecule has 1 fully saturated rings. The predicted molar refractivity (Wildman–Crippen MR) is 252 cm³/mol. The van der Waals surface area contributed by atoms with Crippen molar-refractivity contribution in [3.8, 4) is 0 Å². The van der Waals surface area contributed by atoms with Crippen molar-refractivity contribution >= 4 is 22.1 Å². The summed E-state index contributed by atoms with van der Waals surface area (Å²) in [7, 11) is -4.60. The van der Waals surface area contributed by atoms with Crippen molar-refractivity contribution in [1.29, 1.82) is 0 Å². The molecular weight excluding hydrogens is 825 g/mol. The Morgan fingerprint density at radius 2 is 0.905 bits per heavy atom. The van der Waals surface area contributed by atoms with Crippen LogP contribution in [0.1, 0.15) is 239 Å². The first-order valence-corrected chi connectivity index (χ1v) is 27.4.